The zero-order valence-electron chi connectivity index (χ0n) is 20.9. The highest BCUT2D eigenvalue weighted by Gasteiger charge is 2.35. The van der Waals surface area contributed by atoms with Crippen LogP contribution in [0, 0.1) is 12.8 Å². The fraction of sp³-hybridized carbons (Fsp3) is 0.407. The van der Waals surface area contributed by atoms with Gasteiger partial charge in [-0.1, -0.05) is 17.7 Å². The van der Waals surface area contributed by atoms with E-state index in [1.165, 1.54) is 9.13 Å². The number of amides is 2. The molecule has 9 nitrogen and oxygen atoms in total. The summed E-state index contributed by atoms with van der Waals surface area (Å²) in [6.45, 7) is 3.99. The van der Waals surface area contributed by atoms with Crippen LogP contribution < -0.4 is 26.2 Å². The molecule has 3 aromatic rings. The lowest BCUT2D eigenvalue weighted by molar-refractivity contribution is -0.122. The summed E-state index contributed by atoms with van der Waals surface area (Å²) in [4.78, 5) is 54.9. The number of aryl methyl sites for hydroxylation is 3. The second-order valence-corrected chi connectivity index (χ2v) is 9.86. The van der Waals surface area contributed by atoms with Crippen LogP contribution in [0.4, 0.5) is 17.1 Å². The van der Waals surface area contributed by atoms with Gasteiger partial charge >= 0.3 is 11.1 Å². The Morgan fingerprint density at radius 1 is 0.889 bits per heavy atom. The summed E-state index contributed by atoms with van der Waals surface area (Å²) in [6, 6.07) is 11.4. The summed E-state index contributed by atoms with van der Waals surface area (Å²) in [5.74, 6) is -0.802. The first kappa shape index (κ1) is 23.8. The maximum atomic E-state index is 13.4. The Labute approximate surface area is 208 Å². The number of aromatic nitrogens is 2. The number of fused-ring (bicyclic) bond motifs is 1. The van der Waals surface area contributed by atoms with Gasteiger partial charge in [-0.2, -0.15) is 0 Å². The second kappa shape index (κ2) is 9.29. The molecule has 2 aliphatic rings. The molecule has 2 fully saturated rings. The van der Waals surface area contributed by atoms with E-state index < -0.39 is 17.0 Å². The molecular weight excluding hydrogens is 458 g/mol. The molecule has 2 amide bonds. The summed E-state index contributed by atoms with van der Waals surface area (Å²) in [5, 5.41) is 3.06. The lowest BCUT2D eigenvalue weighted by atomic mass is 10.1. The van der Waals surface area contributed by atoms with Crippen molar-refractivity contribution >= 4 is 39.9 Å². The van der Waals surface area contributed by atoms with Gasteiger partial charge in [-0.3, -0.25) is 19.2 Å². The predicted molar refractivity (Wildman–Crippen MR) is 141 cm³/mol. The third kappa shape index (κ3) is 4.19. The quantitative estimate of drug-likeness (QED) is 0.568. The number of piperidine rings is 1. The minimum atomic E-state index is -0.622. The highest BCUT2D eigenvalue weighted by molar-refractivity contribution is 6.05. The highest BCUT2D eigenvalue weighted by Crippen LogP contribution is 2.34. The fourth-order valence-corrected chi connectivity index (χ4v) is 5.20. The molecule has 0 aliphatic carbocycles. The van der Waals surface area contributed by atoms with Crippen LogP contribution in [0.3, 0.4) is 0 Å². The lowest BCUT2D eigenvalue weighted by Crippen LogP contribution is -2.39. The van der Waals surface area contributed by atoms with Crippen molar-refractivity contribution in [2.75, 3.05) is 34.8 Å². The topological polar surface area (TPSA) is 96.7 Å². The number of carbonyl (C=O) groups excluding carboxylic acids is 2. The van der Waals surface area contributed by atoms with E-state index in [0.717, 1.165) is 49.3 Å². The van der Waals surface area contributed by atoms with Crippen molar-refractivity contribution in [2.24, 2.45) is 20.0 Å². The molecule has 2 saturated heterocycles. The SMILES string of the molecule is Cc1ccc(N2C[C@H](C(=O)Nc3cc4c(cc3N3CCCCC3)n(C)c(=O)c(=O)n4C)CC2=O)cc1. The Hall–Kier alpha value is -3.88. The van der Waals surface area contributed by atoms with E-state index in [4.69, 9.17) is 0 Å². The molecule has 1 atom stereocenters. The molecule has 5 rings (SSSR count). The Kier molecular flexibility index (Phi) is 6.15. The van der Waals surface area contributed by atoms with E-state index in [-0.39, 0.29) is 18.2 Å². The molecule has 2 aliphatic heterocycles. The number of anilines is 3. The number of hydrogen-bond acceptors (Lipinski definition) is 5. The van der Waals surface area contributed by atoms with Crippen molar-refractivity contribution < 1.29 is 9.59 Å². The Morgan fingerprint density at radius 3 is 2.14 bits per heavy atom. The normalized spacial score (nSPS) is 18.2. The van der Waals surface area contributed by atoms with Crippen molar-refractivity contribution in [1.82, 2.24) is 9.13 Å². The van der Waals surface area contributed by atoms with E-state index in [1.807, 2.05) is 37.3 Å². The Bertz CT molecular complexity index is 1460. The third-order valence-corrected chi connectivity index (χ3v) is 7.40. The summed E-state index contributed by atoms with van der Waals surface area (Å²) >= 11 is 0. The predicted octanol–water partition coefficient (Wildman–Crippen LogP) is 2.53. The molecule has 2 aromatic carbocycles. The molecule has 0 spiro atoms. The number of rotatable bonds is 4. The van der Waals surface area contributed by atoms with Crippen LogP contribution in [-0.2, 0) is 23.7 Å². The number of nitrogens with zero attached hydrogens (tertiary/aromatic N) is 4. The monoisotopic (exact) mass is 489 g/mol. The average Bonchev–Trinajstić information content (AvgIpc) is 3.28. The van der Waals surface area contributed by atoms with E-state index in [0.29, 0.717) is 23.3 Å². The van der Waals surface area contributed by atoms with Gasteiger partial charge in [-0.05, 0) is 50.5 Å². The molecule has 36 heavy (non-hydrogen) atoms. The largest absolute Gasteiger partial charge is 0.370 e. The lowest BCUT2D eigenvalue weighted by Gasteiger charge is -2.31. The third-order valence-electron chi connectivity index (χ3n) is 7.40. The van der Waals surface area contributed by atoms with Gasteiger partial charge in [0.2, 0.25) is 11.8 Å². The maximum Gasteiger partial charge on any atom is 0.316 e. The Balaban J connectivity index is 1.49. The van der Waals surface area contributed by atoms with Gasteiger partial charge in [0.1, 0.15) is 0 Å². The molecule has 0 radical (unpaired) electrons. The first-order valence-electron chi connectivity index (χ1n) is 12.4. The molecule has 3 heterocycles. The summed E-state index contributed by atoms with van der Waals surface area (Å²) in [6.07, 6.45) is 3.37. The van der Waals surface area contributed by atoms with Gasteiger partial charge in [-0.15, -0.1) is 0 Å². The van der Waals surface area contributed by atoms with Crippen LogP contribution in [0.15, 0.2) is 46.0 Å². The number of hydrogen-bond donors (Lipinski definition) is 1. The average molecular weight is 490 g/mol. The molecule has 9 heteroatoms. The molecule has 188 valence electrons. The van der Waals surface area contributed by atoms with Gasteiger partial charge in [-0.25, -0.2) is 0 Å². The van der Waals surface area contributed by atoms with Crippen molar-refractivity contribution in [1.29, 1.82) is 0 Å². The molecular formula is C27H31N5O4. The van der Waals surface area contributed by atoms with Crippen molar-refractivity contribution in [3.05, 3.63) is 62.7 Å². The van der Waals surface area contributed by atoms with Crippen LogP contribution in [-0.4, -0.2) is 40.6 Å². The number of nitrogens with one attached hydrogen (secondary N) is 1. The maximum absolute atomic E-state index is 13.4. The zero-order valence-corrected chi connectivity index (χ0v) is 20.9. The van der Waals surface area contributed by atoms with Crippen LogP contribution >= 0.6 is 0 Å². The summed E-state index contributed by atoms with van der Waals surface area (Å²) < 4.78 is 2.69. The molecule has 1 aromatic heterocycles. The molecule has 0 bridgehead atoms. The molecule has 1 N–H and O–H groups in total. The van der Waals surface area contributed by atoms with E-state index >= 15 is 0 Å². The van der Waals surface area contributed by atoms with Crippen molar-refractivity contribution in [2.45, 2.75) is 32.6 Å². The van der Waals surface area contributed by atoms with Crippen molar-refractivity contribution in [3.8, 4) is 0 Å². The standard InChI is InChI=1S/C27H31N5O4/c1-17-7-9-19(10-8-17)32-16-18(13-24(32)33)25(34)28-20-14-22-23(30(3)27(36)26(35)29(22)2)15-21(20)31-11-5-4-6-12-31/h7-10,14-15,18H,4-6,11-13,16H2,1-3H3,(H,28,34)/t18-/m1/s1. The van der Waals surface area contributed by atoms with Gasteiger partial charge in [0.15, 0.2) is 0 Å². The van der Waals surface area contributed by atoms with Gasteiger partial charge in [0.05, 0.1) is 28.3 Å². The summed E-state index contributed by atoms with van der Waals surface area (Å²) in [7, 11) is 3.15. The zero-order chi connectivity index (χ0) is 25.6. The minimum Gasteiger partial charge on any atom is -0.370 e. The van der Waals surface area contributed by atoms with Crippen LogP contribution in [0.2, 0.25) is 0 Å². The number of carbonyl (C=O) groups is 2. The van der Waals surface area contributed by atoms with E-state index in [1.54, 1.807) is 25.1 Å². The minimum absolute atomic E-state index is 0.0776. The fourth-order valence-electron chi connectivity index (χ4n) is 5.20. The molecule has 0 unspecified atom stereocenters. The van der Waals surface area contributed by atoms with Crippen LogP contribution in [0.5, 0.6) is 0 Å². The van der Waals surface area contributed by atoms with Crippen LogP contribution in [0.25, 0.3) is 11.0 Å². The van der Waals surface area contributed by atoms with E-state index in [2.05, 4.69) is 10.2 Å². The second-order valence-electron chi connectivity index (χ2n) is 9.86. The summed E-state index contributed by atoms with van der Waals surface area (Å²) in [5.41, 5.74) is 3.28. The first-order chi connectivity index (χ1) is 17.2. The Morgan fingerprint density at radius 2 is 1.50 bits per heavy atom. The van der Waals surface area contributed by atoms with E-state index in [9.17, 15) is 19.2 Å². The van der Waals surface area contributed by atoms with Crippen LogP contribution in [0.1, 0.15) is 31.2 Å². The molecule has 0 saturated carbocycles. The van der Waals surface area contributed by atoms with Gasteiger partial charge in [0.25, 0.3) is 0 Å². The van der Waals surface area contributed by atoms with Gasteiger partial charge in [0, 0.05) is 45.8 Å². The van der Waals surface area contributed by atoms with Gasteiger partial charge < -0.3 is 24.3 Å². The van der Waals surface area contributed by atoms with Crippen molar-refractivity contribution in [3.63, 3.8) is 0 Å². The first-order valence-corrected chi connectivity index (χ1v) is 12.4. The smallest absolute Gasteiger partial charge is 0.316 e. The highest BCUT2D eigenvalue weighted by atomic mass is 16.2. The number of benzene rings is 2.